The lowest BCUT2D eigenvalue weighted by Gasteiger charge is -2.04. The van der Waals surface area contributed by atoms with Crippen molar-refractivity contribution in [2.75, 3.05) is 0 Å². The summed E-state index contributed by atoms with van der Waals surface area (Å²) in [5.74, 6) is 0. The van der Waals surface area contributed by atoms with E-state index in [0.717, 1.165) is 12.1 Å². The second kappa shape index (κ2) is 2.11. The Bertz CT molecular complexity index is 135. The molecule has 2 nitrogen and oxygen atoms in total. The van der Waals surface area contributed by atoms with E-state index in [4.69, 9.17) is 5.73 Å². The minimum absolute atomic E-state index is 0.201. The summed E-state index contributed by atoms with van der Waals surface area (Å²) >= 11 is 0. The third-order valence-corrected chi connectivity index (χ3v) is 1.17. The van der Waals surface area contributed by atoms with Gasteiger partial charge in [0.15, 0.2) is 0 Å². The zero-order chi connectivity index (χ0) is 5.98. The Labute approximate surface area is 48.9 Å². The lowest BCUT2D eigenvalue weighted by Crippen LogP contribution is -2.48. The average molecular weight is 111 g/mol. The van der Waals surface area contributed by atoms with Crippen molar-refractivity contribution in [2.45, 2.75) is 12.5 Å². The van der Waals surface area contributed by atoms with Gasteiger partial charge in [0.05, 0.1) is 0 Å². The first kappa shape index (κ1) is 5.54. The maximum absolute atomic E-state index is 5.56. The van der Waals surface area contributed by atoms with Gasteiger partial charge < -0.3 is 11.5 Å². The van der Waals surface area contributed by atoms with Crippen LogP contribution in [-0.2, 0) is 0 Å². The SMILES string of the molecule is NC1C=C([NH3+])C=CC1. The summed E-state index contributed by atoms with van der Waals surface area (Å²) in [5.41, 5.74) is 10.3. The van der Waals surface area contributed by atoms with Crippen LogP contribution in [0, 0.1) is 0 Å². The molecule has 2 heteroatoms. The minimum Gasteiger partial charge on any atom is -0.325 e. The van der Waals surface area contributed by atoms with Gasteiger partial charge in [0.2, 0.25) is 0 Å². The molecule has 0 saturated heterocycles. The molecule has 1 aliphatic rings. The molecule has 0 fully saturated rings. The molecule has 5 N–H and O–H groups in total. The van der Waals surface area contributed by atoms with Gasteiger partial charge in [-0.05, 0) is 18.6 Å². The van der Waals surface area contributed by atoms with Crippen molar-refractivity contribution in [3.05, 3.63) is 23.9 Å². The van der Waals surface area contributed by atoms with E-state index in [9.17, 15) is 0 Å². The second-order valence-corrected chi connectivity index (χ2v) is 2.04. The van der Waals surface area contributed by atoms with E-state index in [1.807, 2.05) is 18.2 Å². The molecule has 1 rings (SSSR count). The third-order valence-electron chi connectivity index (χ3n) is 1.17. The van der Waals surface area contributed by atoms with Crippen LogP contribution in [0.15, 0.2) is 23.9 Å². The van der Waals surface area contributed by atoms with Gasteiger partial charge in [0.1, 0.15) is 5.70 Å². The number of quaternary nitrogens is 1. The van der Waals surface area contributed by atoms with Crippen LogP contribution >= 0.6 is 0 Å². The number of allylic oxidation sites excluding steroid dienone is 1. The molecular weight excluding hydrogens is 100 g/mol. The molecule has 0 aliphatic heterocycles. The molecule has 0 spiro atoms. The number of hydrogen-bond acceptors (Lipinski definition) is 1. The fourth-order valence-corrected chi connectivity index (χ4v) is 0.775. The number of rotatable bonds is 0. The summed E-state index contributed by atoms with van der Waals surface area (Å²) in [6, 6.07) is 0.201. The van der Waals surface area contributed by atoms with Crippen LogP contribution in [0.1, 0.15) is 6.42 Å². The molecule has 0 aromatic carbocycles. The van der Waals surface area contributed by atoms with Crippen LogP contribution in [0.2, 0.25) is 0 Å². The number of hydrogen-bond donors (Lipinski definition) is 2. The van der Waals surface area contributed by atoms with Crippen LogP contribution in [0.5, 0.6) is 0 Å². The normalized spacial score (nSPS) is 27.8. The maximum atomic E-state index is 5.56. The molecule has 1 atom stereocenters. The summed E-state index contributed by atoms with van der Waals surface area (Å²) < 4.78 is 0. The molecule has 0 aromatic rings. The Morgan fingerprint density at radius 1 is 1.75 bits per heavy atom. The van der Waals surface area contributed by atoms with Gasteiger partial charge in [-0.1, -0.05) is 6.08 Å². The molecule has 0 heterocycles. The molecule has 0 aromatic heterocycles. The Hall–Kier alpha value is -0.600. The van der Waals surface area contributed by atoms with Crippen molar-refractivity contribution in [3.8, 4) is 0 Å². The van der Waals surface area contributed by atoms with Crippen LogP contribution < -0.4 is 11.5 Å². The minimum atomic E-state index is 0.201. The first-order chi connectivity index (χ1) is 3.79. The van der Waals surface area contributed by atoms with Crippen molar-refractivity contribution >= 4 is 0 Å². The van der Waals surface area contributed by atoms with Gasteiger partial charge in [-0.15, -0.1) is 0 Å². The second-order valence-electron chi connectivity index (χ2n) is 2.04. The van der Waals surface area contributed by atoms with Gasteiger partial charge in [-0.25, -0.2) is 0 Å². The van der Waals surface area contributed by atoms with Crippen LogP contribution in [0.25, 0.3) is 0 Å². The summed E-state index contributed by atoms with van der Waals surface area (Å²) in [4.78, 5) is 0. The molecule has 0 radical (unpaired) electrons. The third kappa shape index (κ3) is 1.18. The predicted octanol–water partition coefficient (Wildman–Crippen LogP) is -0.601. The van der Waals surface area contributed by atoms with E-state index >= 15 is 0 Å². The fourth-order valence-electron chi connectivity index (χ4n) is 0.775. The van der Waals surface area contributed by atoms with Crippen molar-refractivity contribution in [2.24, 2.45) is 5.73 Å². The molecule has 0 bridgehead atoms. The lowest BCUT2D eigenvalue weighted by atomic mass is 10.1. The van der Waals surface area contributed by atoms with Gasteiger partial charge in [-0.3, -0.25) is 0 Å². The lowest BCUT2D eigenvalue weighted by molar-refractivity contribution is -0.295. The van der Waals surface area contributed by atoms with Gasteiger partial charge in [0, 0.05) is 6.04 Å². The standard InChI is InChI=1S/C6H10N2/c7-5-2-1-3-6(8)4-5/h1-2,4,6H,3,7-8H2/p+1. The smallest absolute Gasteiger partial charge is 0.125 e. The van der Waals surface area contributed by atoms with Crippen LogP contribution in [0.4, 0.5) is 0 Å². The summed E-state index contributed by atoms with van der Waals surface area (Å²) in [5, 5.41) is 0. The highest BCUT2D eigenvalue weighted by atomic mass is 14.6. The van der Waals surface area contributed by atoms with Gasteiger partial charge >= 0.3 is 0 Å². The molecule has 0 saturated carbocycles. The van der Waals surface area contributed by atoms with Gasteiger partial charge in [0.25, 0.3) is 0 Å². The van der Waals surface area contributed by atoms with Crippen molar-refractivity contribution in [1.82, 2.24) is 0 Å². The van der Waals surface area contributed by atoms with E-state index in [1.165, 1.54) is 0 Å². The van der Waals surface area contributed by atoms with Gasteiger partial charge in [-0.2, -0.15) is 0 Å². The van der Waals surface area contributed by atoms with E-state index < -0.39 is 0 Å². The van der Waals surface area contributed by atoms with Crippen molar-refractivity contribution in [1.29, 1.82) is 0 Å². The Kier molecular flexibility index (Phi) is 1.46. The maximum Gasteiger partial charge on any atom is 0.125 e. The molecule has 0 amide bonds. The average Bonchev–Trinajstić information content (AvgIpc) is 1.64. The highest BCUT2D eigenvalue weighted by Gasteiger charge is 2.01. The highest BCUT2D eigenvalue weighted by molar-refractivity contribution is 5.17. The van der Waals surface area contributed by atoms with Crippen molar-refractivity contribution in [3.63, 3.8) is 0 Å². The monoisotopic (exact) mass is 111 g/mol. The zero-order valence-corrected chi connectivity index (χ0v) is 4.80. The summed E-state index contributed by atoms with van der Waals surface area (Å²) in [6.07, 6.45) is 6.97. The molecule has 8 heavy (non-hydrogen) atoms. The van der Waals surface area contributed by atoms with Crippen LogP contribution in [-0.4, -0.2) is 6.04 Å². The predicted molar refractivity (Wildman–Crippen MR) is 32.7 cm³/mol. The first-order valence-corrected chi connectivity index (χ1v) is 2.75. The highest BCUT2D eigenvalue weighted by Crippen LogP contribution is 2.01. The van der Waals surface area contributed by atoms with E-state index in [0.29, 0.717) is 0 Å². The Morgan fingerprint density at radius 2 is 2.50 bits per heavy atom. The van der Waals surface area contributed by atoms with E-state index in [-0.39, 0.29) is 6.04 Å². The Morgan fingerprint density at radius 3 is 2.88 bits per heavy atom. The number of nitrogens with two attached hydrogens (primary N) is 1. The molecule has 1 aliphatic carbocycles. The largest absolute Gasteiger partial charge is 0.325 e. The molecule has 44 valence electrons. The summed E-state index contributed by atoms with van der Waals surface area (Å²) in [7, 11) is 0. The van der Waals surface area contributed by atoms with E-state index in [2.05, 4.69) is 5.73 Å². The molecule has 1 unspecified atom stereocenters. The topological polar surface area (TPSA) is 53.7 Å². The van der Waals surface area contributed by atoms with Crippen molar-refractivity contribution < 1.29 is 5.73 Å². The zero-order valence-electron chi connectivity index (χ0n) is 4.80. The first-order valence-electron chi connectivity index (χ1n) is 2.75. The van der Waals surface area contributed by atoms with Crippen LogP contribution in [0.3, 0.4) is 0 Å². The summed E-state index contributed by atoms with van der Waals surface area (Å²) in [6.45, 7) is 0. The molecular formula is C6H11N2+. The quantitative estimate of drug-likeness (QED) is 0.431. The van der Waals surface area contributed by atoms with E-state index in [1.54, 1.807) is 0 Å². The fraction of sp³-hybridized carbons (Fsp3) is 0.333. The Balaban J connectivity index is 2.63.